The summed E-state index contributed by atoms with van der Waals surface area (Å²) in [5.74, 6) is 0. The van der Waals surface area contributed by atoms with E-state index in [-0.39, 0.29) is 0 Å². The smallest absolute Gasteiger partial charge is 0.327 e. The van der Waals surface area contributed by atoms with Gasteiger partial charge in [0.2, 0.25) is 0 Å². The van der Waals surface area contributed by atoms with Crippen molar-refractivity contribution in [3.05, 3.63) is 0 Å². The fourth-order valence-electron chi connectivity index (χ4n) is 1.77. The van der Waals surface area contributed by atoms with Gasteiger partial charge in [-0.05, 0) is 6.92 Å². The summed E-state index contributed by atoms with van der Waals surface area (Å²) in [7, 11) is -2.10. The van der Waals surface area contributed by atoms with Gasteiger partial charge < -0.3 is 14.3 Å². The fraction of sp³-hybridized carbons (Fsp3) is 1.00. The molecule has 19 heavy (non-hydrogen) atoms. The Morgan fingerprint density at radius 2 is 1.16 bits per heavy atom. The third-order valence-corrected chi connectivity index (χ3v) is 12.5. The molecule has 0 aromatic carbocycles. The summed E-state index contributed by atoms with van der Waals surface area (Å²) in [6, 6.07) is 0. The summed E-state index contributed by atoms with van der Waals surface area (Å²) >= 11 is -0.839. The monoisotopic (exact) mass is 401 g/mol. The third kappa shape index (κ3) is 21.6. The summed E-state index contributed by atoms with van der Waals surface area (Å²) in [4.78, 5) is 15.9. The molecule has 3 nitrogen and oxygen atoms in total. The van der Waals surface area contributed by atoms with Crippen molar-refractivity contribution in [2.75, 3.05) is 6.61 Å². The van der Waals surface area contributed by atoms with Crippen LogP contribution in [0, 0.1) is 0 Å². The number of rotatable bonds is 11. The van der Waals surface area contributed by atoms with Gasteiger partial charge in [0.15, 0.2) is 0 Å². The molecule has 0 atom stereocenters. The average molecular weight is 400 g/mol. The molecule has 0 fully saturated rings. The Labute approximate surface area is 128 Å². The predicted molar refractivity (Wildman–Crippen MR) is 87.9 cm³/mol. The van der Waals surface area contributed by atoms with Crippen molar-refractivity contribution in [2.24, 2.45) is 0 Å². The molecule has 117 valence electrons. The second kappa shape index (κ2) is 19.1. The standard InChI is InChI=1S/3C4H9.C2H7O3P.Sn/c3*1-3-4-2;1-2-5-6(3)4;/h3*1,3-4H2,2H3;3-4H,2H2,1H3;. The van der Waals surface area contributed by atoms with Crippen molar-refractivity contribution in [1.29, 1.82) is 0 Å². The van der Waals surface area contributed by atoms with Crippen molar-refractivity contribution >= 4 is 28.4 Å². The van der Waals surface area contributed by atoms with Crippen molar-refractivity contribution in [3.63, 3.8) is 0 Å². The largest absolute Gasteiger partial charge is 0.328 e. The van der Waals surface area contributed by atoms with Crippen LogP contribution in [0.25, 0.3) is 0 Å². The summed E-state index contributed by atoms with van der Waals surface area (Å²) in [5, 5.41) is 0. The maximum atomic E-state index is 7.95. The first-order chi connectivity index (χ1) is 9.12. The molecule has 0 aliphatic heterocycles. The van der Waals surface area contributed by atoms with Gasteiger partial charge in [-0.1, -0.05) is 0 Å². The quantitative estimate of drug-likeness (QED) is 0.374. The Bertz CT molecular complexity index is 141. The van der Waals surface area contributed by atoms with Gasteiger partial charge in [0.05, 0.1) is 6.61 Å². The van der Waals surface area contributed by atoms with Gasteiger partial charge >= 0.3 is 101 Å². The minimum Gasteiger partial charge on any atom is -0.328 e. The first-order valence-electron chi connectivity index (χ1n) is 7.76. The van der Waals surface area contributed by atoms with Crippen LogP contribution in [-0.2, 0) is 4.52 Å². The molecule has 0 aliphatic rings. The van der Waals surface area contributed by atoms with E-state index in [1.54, 1.807) is 20.2 Å². The van der Waals surface area contributed by atoms with E-state index >= 15 is 0 Å². The Morgan fingerprint density at radius 1 is 0.789 bits per heavy atom. The number of hydrogen-bond acceptors (Lipinski definition) is 3. The summed E-state index contributed by atoms with van der Waals surface area (Å²) in [6.45, 7) is 9.06. The Kier molecular flexibility index (Phi) is 22.5. The van der Waals surface area contributed by atoms with Crippen LogP contribution in [0.1, 0.15) is 66.2 Å². The van der Waals surface area contributed by atoms with E-state index in [9.17, 15) is 0 Å². The second-order valence-electron chi connectivity index (χ2n) is 4.73. The Balaban J connectivity index is 0. The molecule has 0 bridgehead atoms. The van der Waals surface area contributed by atoms with Crippen LogP contribution in [0.4, 0.5) is 0 Å². The minimum atomic E-state index is -2.10. The van der Waals surface area contributed by atoms with Crippen LogP contribution in [0.5, 0.6) is 0 Å². The van der Waals surface area contributed by atoms with Gasteiger partial charge in [-0.15, -0.1) is 0 Å². The van der Waals surface area contributed by atoms with Crippen molar-refractivity contribution in [3.8, 4) is 0 Å². The average Bonchev–Trinajstić information content (AvgIpc) is 2.38. The first-order valence-corrected chi connectivity index (χ1v) is 15.0. The maximum Gasteiger partial charge on any atom is 0.327 e. The predicted octanol–water partition coefficient (Wildman–Crippen LogP) is 5.12. The molecule has 0 unspecified atom stereocenters. The molecule has 0 aromatic rings. The molecule has 1 radical (unpaired) electrons. The third-order valence-electron chi connectivity index (χ3n) is 2.90. The van der Waals surface area contributed by atoms with Crippen LogP contribution >= 0.6 is 8.60 Å². The molecule has 2 N–H and O–H groups in total. The minimum absolute atomic E-state index is 0.360. The molecule has 0 aliphatic carbocycles. The van der Waals surface area contributed by atoms with Crippen molar-refractivity contribution in [1.82, 2.24) is 0 Å². The van der Waals surface area contributed by atoms with Gasteiger partial charge in [-0.25, -0.2) is 0 Å². The Hall–Kier alpha value is 1.11. The molecule has 0 heterocycles. The molecular weight excluding hydrogens is 366 g/mol. The van der Waals surface area contributed by atoms with Gasteiger partial charge in [0.1, 0.15) is 0 Å². The van der Waals surface area contributed by atoms with Crippen LogP contribution in [0.2, 0.25) is 13.3 Å². The maximum absolute atomic E-state index is 7.95. The zero-order chi connectivity index (χ0) is 14.9. The van der Waals surface area contributed by atoms with Crippen LogP contribution in [-0.4, -0.2) is 36.2 Å². The van der Waals surface area contributed by atoms with Gasteiger partial charge in [-0.3, -0.25) is 0 Å². The molecule has 0 amide bonds. The van der Waals surface area contributed by atoms with Gasteiger partial charge in [0, 0.05) is 0 Å². The number of hydrogen-bond donors (Lipinski definition) is 2. The van der Waals surface area contributed by atoms with E-state index in [1.165, 1.54) is 38.5 Å². The molecule has 0 rings (SSSR count). The molecule has 0 saturated carbocycles. The Morgan fingerprint density at radius 3 is 1.32 bits per heavy atom. The molecule has 5 heteroatoms. The SMILES string of the molecule is CCC[CH2][Sn]([CH2]CCC)[CH2]CCC.CCOP(O)O. The van der Waals surface area contributed by atoms with E-state index in [0.717, 1.165) is 0 Å². The molecular formula is C14H34O3PSn. The van der Waals surface area contributed by atoms with Gasteiger partial charge in [0.25, 0.3) is 0 Å². The van der Waals surface area contributed by atoms with Crippen LogP contribution in [0.15, 0.2) is 0 Å². The zero-order valence-electron chi connectivity index (χ0n) is 13.3. The van der Waals surface area contributed by atoms with Gasteiger partial charge in [-0.2, -0.15) is 0 Å². The van der Waals surface area contributed by atoms with Crippen LogP contribution < -0.4 is 0 Å². The summed E-state index contributed by atoms with van der Waals surface area (Å²) in [6.07, 6.45) is 8.85. The van der Waals surface area contributed by atoms with E-state index in [4.69, 9.17) is 9.79 Å². The van der Waals surface area contributed by atoms with E-state index < -0.39 is 28.4 Å². The number of unbranched alkanes of at least 4 members (excludes halogenated alkanes) is 3. The molecule has 0 saturated heterocycles. The van der Waals surface area contributed by atoms with E-state index in [1.807, 2.05) is 0 Å². The molecule has 0 spiro atoms. The van der Waals surface area contributed by atoms with Crippen molar-refractivity contribution < 1.29 is 14.3 Å². The topological polar surface area (TPSA) is 49.7 Å². The van der Waals surface area contributed by atoms with E-state index in [2.05, 4.69) is 25.3 Å². The molecule has 0 aromatic heterocycles. The van der Waals surface area contributed by atoms with E-state index in [0.29, 0.717) is 6.61 Å². The normalized spacial score (nSPS) is 10.7. The van der Waals surface area contributed by atoms with Crippen molar-refractivity contribution in [2.45, 2.75) is 79.5 Å². The zero-order valence-corrected chi connectivity index (χ0v) is 17.1. The first kappa shape index (κ1) is 22.4. The van der Waals surface area contributed by atoms with Crippen LogP contribution in [0.3, 0.4) is 0 Å². The second-order valence-corrected chi connectivity index (χ2v) is 14.1. The summed E-state index contributed by atoms with van der Waals surface area (Å²) in [5.41, 5.74) is 0. The fourth-order valence-corrected chi connectivity index (χ4v) is 11.5. The summed E-state index contributed by atoms with van der Waals surface area (Å²) < 4.78 is 9.26.